The fraction of sp³-hybridized carbons (Fsp3) is 0.679. The molecule has 48 heavy (non-hydrogen) atoms. The Morgan fingerprint density at radius 3 is 1.44 bits per heavy atom. The second-order valence-corrected chi connectivity index (χ2v) is 11.5. The van der Waals surface area contributed by atoms with Gasteiger partial charge < -0.3 is 58.1 Å². The number of nitrogens with one attached hydrogen (secondary N) is 6. The lowest BCUT2D eigenvalue weighted by Gasteiger charge is -2.28. The zero-order valence-electron chi connectivity index (χ0n) is 27.6. The van der Waals surface area contributed by atoms with E-state index >= 15 is 0 Å². The van der Waals surface area contributed by atoms with Crippen molar-refractivity contribution >= 4 is 53.4 Å². The van der Waals surface area contributed by atoms with Gasteiger partial charge in [-0.2, -0.15) is 0 Å². The SMILES string of the molecule is CC[C@H](C)[C@H](NC(=O)[C@H](C)NC(=O)[C@H](CC(=O)O)NC(=O)[C@@H](N)CC(=O)O)C(=O)N[C@@H](C)C(=O)N[C@@H](CO)C(=O)N[C@H](C(=O)O)C(C)C. The number of carbonyl (C=O) groups excluding carboxylic acids is 6. The summed E-state index contributed by atoms with van der Waals surface area (Å²) in [5.41, 5.74) is 5.46. The average molecular weight is 690 g/mol. The van der Waals surface area contributed by atoms with Gasteiger partial charge in [0.05, 0.1) is 25.5 Å². The van der Waals surface area contributed by atoms with Gasteiger partial charge in [0.15, 0.2) is 0 Å². The smallest absolute Gasteiger partial charge is 0.326 e. The van der Waals surface area contributed by atoms with Crippen LogP contribution in [0.15, 0.2) is 0 Å². The molecule has 0 rings (SSSR count). The van der Waals surface area contributed by atoms with E-state index in [0.717, 1.165) is 0 Å². The Morgan fingerprint density at radius 1 is 0.562 bits per heavy atom. The molecule has 0 spiro atoms. The minimum atomic E-state index is -1.73. The molecule has 0 aliphatic rings. The molecular weight excluding hydrogens is 642 g/mol. The van der Waals surface area contributed by atoms with Crippen LogP contribution >= 0.6 is 0 Å². The van der Waals surface area contributed by atoms with Gasteiger partial charge in [-0.05, 0) is 25.7 Å². The summed E-state index contributed by atoms with van der Waals surface area (Å²) in [6.07, 6.45) is -1.37. The van der Waals surface area contributed by atoms with E-state index in [2.05, 4.69) is 26.6 Å². The zero-order chi connectivity index (χ0) is 37.5. The summed E-state index contributed by atoms with van der Waals surface area (Å²) >= 11 is 0. The number of carboxylic acid groups (broad SMARTS) is 3. The molecule has 0 aromatic rings. The summed E-state index contributed by atoms with van der Waals surface area (Å²) in [4.78, 5) is 110. The molecule has 0 unspecified atom stereocenters. The Hall–Kier alpha value is -4.85. The van der Waals surface area contributed by atoms with Crippen LogP contribution in [0.25, 0.3) is 0 Å². The van der Waals surface area contributed by atoms with Crippen molar-refractivity contribution < 1.29 is 63.6 Å². The predicted molar refractivity (Wildman–Crippen MR) is 164 cm³/mol. The summed E-state index contributed by atoms with van der Waals surface area (Å²) in [6.45, 7) is 7.98. The number of carboxylic acids is 3. The van der Waals surface area contributed by atoms with Crippen LogP contribution in [0.2, 0.25) is 0 Å². The van der Waals surface area contributed by atoms with E-state index in [1.54, 1.807) is 27.7 Å². The van der Waals surface area contributed by atoms with Crippen LogP contribution in [0.3, 0.4) is 0 Å². The Kier molecular flexibility index (Phi) is 18.3. The Bertz CT molecular complexity index is 1210. The minimum absolute atomic E-state index is 0.357. The summed E-state index contributed by atoms with van der Waals surface area (Å²) in [6, 6.07) is -10.1. The van der Waals surface area contributed by atoms with Crippen molar-refractivity contribution in [1.82, 2.24) is 31.9 Å². The first kappa shape index (κ1) is 43.1. The van der Waals surface area contributed by atoms with Gasteiger partial charge in [0.1, 0.15) is 36.3 Å². The number of rotatable bonds is 21. The zero-order valence-corrected chi connectivity index (χ0v) is 27.6. The van der Waals surface area contributed by atoms with E-state index in [0.29, 0.717) is 6.42 Å². The highest BCUT2D eigenvalue weighted by molar-refractivity contribution is 5.97. The monoisotopic (exact) mass is 689 g/mol. The van der Waals surface area contributed by atoms with Crippen LogP contribution in [0, 0.1) is 11.8 Å². The van der Waals surface area contributed by atoms with Crippen LogP contribution in [-0.2, 0) is 43.2 Å². The van der Waals surface area contributed by atoms with Crippen molar-refractivity contribution in [1.29, 1.82) is 0 Å². The third kappa shape index (κ3) is 14.7. The van der Waals surface area contributed by atoms with E-state index in [9.17, 15) is 53.4 Å². The summed E-state index contributed by atoms with van der Waals surface area (Å²) in [5, 5.41) is 50.4. The van der Waals surface area contributed by atoms with Gasteiger partial charge in [-0.1, -0.05) is 34.1 Å². The molecule has 0 aliphatic carbocycles. The molecule has 0 fully saturated rings. The number of aliphatic hydroxyl groups excluding tert-OH is 1. The Morgan fingerprint density at radius 2 is 1.00 bits per heavy atom. The molecule has 0 saturated carbocycles. The van der Waals surface area contributed by atoms with Crippen molar-refractivity contribution in [3.63, 3.8) is 0 Å². The van der Waals surface area contributed by atoms with Crippen molar-refractivity contribution in [3.8, 4) is 0 Å². The van der Waals surface area contributed by atoms with E-state index in [1.165, 1.54) is 13.8 Å². The predicted octanol–water partition coefficient (Wildman–Crippen LogP) is -4.01. The van der Waals surface area contributed by atoms with Crippen LogP contribution in [0.4, 0.5) is 0 Å². The quantitative estimate of drug-likeness (QED) is 0.0547. The second-order valence-electron chi connectivity index (χ2n) is 11.5. The maximum absolute atomic E-state index is 13.2. The minimum Gasteiger partial charge on any atom is -0.481 e. The standard InChI is InChI=1S/C28H47N7O13/c1-7-12(4)21(27(46)31-13(5)22(41)33-17(10-36)26(45)34-20(11(2)3)28(47)48)35-23(42)14(6)30-25(44)16(9-19(39)40)32-24(43)15(29)8-18(37)38/h11-17,20-21,36H,7-10,29H2,1-6H3,(H,30,44)(H,31,46)(H,32,43)(H,33,41)(H,34,45)(H,35,42)(H,37,38)(H,39,40)(H,47,48)/t12-,13-,14-,15-,16-,17-,20-,21-/m0/s1. The molecule has 0 heterocycles. The molecule has 8 atom stereocenters. The molecule has 12 N–H and O–H groups in total. The molecule has 272 valence electrons. The van der Waals surface area contributed by atoms with Crippen LogP contribution in [0.1, 0.15) is 60.8 Å². The van der Waals surface area contributed by atoms with Gasteiger partial charge in [0, 0.05) is 0 Å². The topological polar surface area (TPSA) is 333 Å². The molecule has 20 heteroatoms. The van der Waals surface area contributed by atoms with E-state index in [1.807, 2.05) is 5.32 Å². The maximum Gasteiger partial charge on any atom is 0.326 e. The molecule has 20 nitrogen and oxygen atoms in total. The lowest BCUT2D eigenvalue weighted by molar-refractivity contribution is -0.144. The van der Waals surface area contributed by atoms with E-state index < -0.39 is 127 Å². The molecule has 0 aromatic heterocycles. The number of hydrogen-bond acceptors (Lipinski definition) is 11. The Balaban J connectivity index is 5.57. The third-order valence-corrected chi connectivity index (χ3v) is 7.09. The van der Waals surface area contributed by atoms with Gasteiger partial charge in [0.2, 0.25) is 35.4 Å². The highest BCUT2D eigenvalue weighted by Gasteiger charge is 2.34. The molecular formula is C28H47N7O13. The molecule has 0 radical (unpaired) electrons. The number of aliphatic carboxylic acids is 3. The lowest BCUT2D eigenvalue weighted by Crippen LogP contribution is -2.60. The van der Waals surface area contributed by atoms with Crippen LogP contribution in [0.5, 0.6) is 0 Å². The van der Waals surface area contributed by atoms with Crippen molar-refractivity contribution in [2.75, 3.05) is 6.61 Å². The van der Waals surface area contributed by atoms with Crippen LogP contribution < -0.4 is 37.6 Å². The average Bonchev–Trinajstić information content (AvgIpc) is 2.98. The van der Waals surface area contributed by atoms with Crippen molar-refractivity contribution in [2.24, 2.45) is 17.6 Å². The van der Waals surface area contributed by atoms with Crippen LogP contribution in [-0.4, -0.2) is 123 Å². The van der Waals surface area contributed by atoms with Crippen molar-refractivity contribution in [2.45, 2.75) is 103 Å². The lowest BCUT2D eigenvalue weighted by atomic mass is 9.97. The number of aliphatic hydroxyl groups is 1. The first-order chi connectivity index (χ1) is 22.2. The molecule has 0 aliphatic heterocycles. The summed E-state index contributed by atoms with van der Waals surface area (Å²) < 4.78 is 0. The molecule has 6 amide bonds. The van der Waals surface area contributed by atoms with Gasteiger partial charge in [-0.3, -0.25) is 38.4 Å². The maximum atomic E-state index is 13.2. The van der Waals surface area contributed by atoms with Gasteiger partial charge in [-0.15, -0.1) is 0 Å². The third-order valence-electron chi connectivity index (χ3n) is 7.09. The summed E-state index contributed by atoms with van der Waals surface area (Å²) in [7, 11) is 0. The fourth-order valence-electron chi connectivity index (χ4n) is 3.93. The van der Waals surface area contributed by atoms with Gasteiger partial charge in [0.25, 0.3) is 0 Å². The van der Waals surface area contributed by atoms with Gasteiger partial charge >= 0.3 is 17.9 Å². The van der Waals surface area contributed by atoms with Gasteiger partial charge in [-0.25, -0.2) is 4.79 Å². The largest absolute Gasteiger partial charge is 0.481 e. The second kappa shape index (κ2) is 20.4. The fourth-order valence-corrected chi connectivity index (χ4v) is 3.93. The highest BCUT2D eigenvalue weighted by atomic mass is 16.4. The first-order valence-electron chi connectivity index (χ1n) is 15.0. The number of hydrogen-bond donors (Lipinski definition) is 11. The normalized spacial score (nSPS) is 15.9. The molecule has 0 aromatic carbocycles. The Labute approximate surface area is 276 Å². The van der Waals surface area contributed by atoms with E-state index in [4.69, 9.17) is 15.9 Å². The number of amides is 6. The summed E-state index contributed by atoms with van der Waals surface area (Å²) in [5.74, 6) is -11.1. The first-order valence-corrected chi connectivity index (χ1v) is 15.0. The highest BCUT2D eigenvalue weighted by Crippen LogP contribution is 2.09. The van der Waals surface area contributed by atoms with Crippen molar-refractivity contribution in [3.05, 3.63) is 0 Å². The number of nitrogens with two attached hydrogens (primary N) is 1. The molecule has 0 bridgehead atoms. The van der Waals surface area contributed by atoms with E-state index in [-0.39, 0.29) is 0 Å². The number of carbonyl (C=O) groups is 9. The molecule has 0 saturated heterocycles.